The first-order valence-electron chi connectivity index (χ1n) is 3.61. The van der Waals surface area contributed by atoms with E-state index in [1.54, 1.807) is 6.92 Å². The molecule has 0 radical (unpaired) electrons. The first-order chi connectivity index (χ1) is 4.79. The summed E-state index contributed by atoms with van der Waals surface area (Å²) in [6.07, 6.45) is 1.30. The molecular weight excluding hydrogens is 130 g/mol. The highest BCUT2D eigenvalue weighted by atomic mass is 16.5. The predicted molar refractivity (Wildman–Crippen MR) is 37.9 cm³/mol. The quantitative estimate of drug-likeness (QED) is 0.602. The number of hydrogen-bond acceptors (Lipinski definition) is 3. The maximum Gasteiger partial charge on any atom is 0.155 e. The van der Waals surface area contributed by atoms with Crippen molar-refractivity contribution in [3.05, 3.63) is 0 Å². The number of rotatable bonds is 3. The fourth-order valence-corrected chi connectivity index (χ4v) is 1.01. The van der Waals surface area contributed by atoms with Crippen LogP contribution in [0.4, 0.5) is 0 Å². The van der Waals surface area contributed by atoms with Crippen molar-refractivity contribution in [3.63, 3.8) is 0 Å². The van der Waals surface area contributed by atoms with Gasteiger partial charge in [0.05, 0.1) is 6.10 Å². The van der Waals surface area contributed by atoms with E-state index in [-0.39, 0.29) is 18.5 Å². The molecule has 0 saturated carbocycles. The van der Waals surface area contributed by atoms with Gasteiger partial charge in [-0.2, -0.15) is 0 Å². The zero-order valence-electron chi connectivity index (χ0n) is 6.22. The van der Waals surface area contributed by atoms with E-state index in [4.69, 9.17) is 4.74 Å². The van der Waals surface area contributed by atoms with Crippen LogP contribution in [0, 0.1) is 0 Å². The van der Waals surface area contributed by atoms with Crippen LogP contribution in [0.2, 0.25) is 0 Å². The molecule has 0 aliphatic carbocycles. The summed E-state index contributed by atoms with van der Waals surface area (Å²) >= 11 is 0. The second kappa shape index (κ2) is 3.68. The molecule has 0 bridgehead atoms. The molecule has 1 rings (SSSR count). The Morgan fingerprint density at radius 2 is 2.60 bits per heavy atom. The molecule has 1 saturated heterocycles. The summed E-state index contributed by atoms with van der Waals surface area (Å²) in [6, 6.07) is 0. The van der Waals surface area contributed by atoms with Crippen LogP contribution in [0.15, 0.2) is 0 Å². The van der Waals surface area contributed by atoms with Crippen molar-refractivity contribution in [3.8, 4) is 0 Å². The largest absolute Gasteiger partial charge is 0.369 e. The monoisotopic (exact) mass is 143 g/mol. The molecule has 1 N–H and O–H groups in total. The normalized spacial score (nSPS) is 25.1. The van der Waals surface area contributed by atoms with Gasteiger partial charge in [-0.1, -0.05) is 0 Å². The third-order valence-electron chi connectivity index (χ3n) is 1.54. The predicted octanol–water partition coefficient (Wildman–Crippen LogP) is -0.0461. The van der Waals surface area contributed by atoms with Gasteiger partial charge < -0.3 is 10.1 Å². The minimum absolute atomic E-state index is 0.104. The van der Waals surface area contributed by atoms with Crippen molar-refractivity contribution in [2.24, 2.45) is 0 Å². The van der Waals surface area contributed by atoms with Crippen molar-refractivity contribution in [1.82, 2.24) is 5.32 Å². The van der Waals surface area contributed by atoms with Crippen molar-refractivity contribution in [2.45, 2.75) is 19.4 Å². The maximum atomic E-state index is 10.5. The molecule has 1 fully saturated rings. The van der Waals surface area contributed by atoms with E-state index in [2.05, 4.69) is 5.32 Å². The highest BCUT2D eigenvalue weighted by molar-refractivity contribution is 5.76. The SMILES string of the molecule is CC(=O)COC1CCNC1. The third-order valence-corrected chi connectivity index (χ3v) is 1.54. The number of carbonyl (C=O) groups is 1. The van der Waals surface area contributed by atoms with Crippen molar-refractivity contribution in [1.29, 1.82) is 0 Å². The van der Waals surface area contributed by atoms with Gasteiger partial charge in [0.1, 0.15) is 6.61 Å². The lowest BCUT2D eigenvalue weighted by Crippen LogP contribution is -2.19. The average molecular weight is 143 g/mol. The molecule has 1 aliphatic heterocycles. The summed E-state index contributed by atoms with van der Waals surface area (Å²) in [5.74, 6) is 0.104. The van der Waals surface area contributed by atoms with Crippen molar-refractivity contribution in [2.75, 3.05) is 19.7 Å². The lowest BCUT2D eigenvalue weighted by atomic mass is 10.3. The van der Waals surface area contributed by atoms with Crippen LogP contribution in [0.1, 0.15) is 13.3 Å². The van der Waals surface area contributed by atoms with E-state index in [1.807, 2.05) is 0 Å². The Morgan fingerprint density at radius 1 is 1.80 bits per heavy atom. The van der Waals surface area contributed by atoms with Gasteiger partial charge in [-0.25, -0.2) is 0 Å². The second-order valence-corrected chi connectivity index (χ2v) is 2.63. The molecule has 0 amide bonds. The number of nitrogens with one attached hydrogen (secondary N) is 1. The van der Waals surface area contributed by atoms with Crippen molar-refractivity contribution >= 4 is 5.78 Å². The first-order valence-corrected chi connectivity index (χ1v) is 3.61. The van der Waals surface area contributed by atoms with Crippen molar-refractivity contribution < 1.29 is 9.53 Å². The fourth-order valence-electron chi connectivity index (χ4n) is 1.01. The van der Waals surface area contributed by atoms with Gasteiger partial charge in [0.25, 0.3) is 0 Å². The molecule has 1 unspecified atom stereocenters. The minimum Gasteiger partial charge on any atom is -0.369 e. The Kier molecular flexibility index (Phi) is 2.83. The summed E-state index contributed by atoms with van der Waals surface area (Å²) in [6.45, 7) is 3.73. The van der Waals surface area contributed by atoms with E-state index in [9.17, 15) is 4.79 Å². The molecule has 0 aromatic rings. The third kappa shape index (κ3) is 2.45. The Hall–Kier alpha value is -0.410. The Balaban J connectivity index is 2.07. The van der Waals surface area contributed by atoms with E-state index >= 15 is 0 Å². The first kappa shape index (κ1) is 7.69. The zero-order chi connectivity index (χ0) is 7.40. The van der Waals surface area contributed by atoms with E-state index in [0.717, 1.165) is 19.5 Å². The van der Waals surface area contributed by atoms with Crippen LogP contribution < -0.4 is 5.32 Å². The standard InChI is InChI=1S/C7H13NO2/c1-6(9)5-10-7-2-3-8-4-7/h7-8H,2-5H2,1H3. The zero-order valence-corrected chi connectivity index (χ0v) is 6.22. The molecule has 1 aliphatic rings. The molecule has 10 heavy (non-hydrogen) atoms. The summed E-state index contributed by atoms with van der Waals surface area (Å²) in [5, 5.41) is 3.16. The molecule has 0 aromatic heterocycles. The lowest BCUT2D eigenvalue weighted by Gasteiger charge is -2.07. The molecule has 58 valence electrons. The van der Waals surface area contributed by atoms with Crippen LogP contribution in [-0.2, 0) is 9.53 Å². The highest BCUT2D eigenvalue weighted by Crippen LogP contribution is 2.01. The topological polar surface area (TPSA) is 38.3 Å². The molecule has 0 spiro atoms. The van der Waals surface area contributed by atoms with Gasteiger partial charge in [0, 0.05) is 6.54 Å². The second-order valence-electron chi connectivity index (χ2n) is 2.63. The molecule has 3 heteroatoms. The molecule has 1 atom stereocenters. The lowest BCUT2D eigenvalue weighted by molar-refractivity contribution is -0.123. The number of hydrogen-bond donors (Lipinski definition) is 1. The molecule has 0 aromatic carbocycles. The minimum atomic E-state index is 0.104. The molecule has 3 nitrogen and oxygen atoms in total. The van der Waals surface area contributed by atoms with Gasteiger partial charge in [-0.15, -0.1) is 0 Å². The van der Waals surface area contributed by atoms with Gasteiger partial charge in [0.15, 0.2) is 5.78 Å². The van der Waals surface area contributed by atoms with E-state index < -0.39 is 0 Å². The number of ether oxygens (including phenoxy) is 1. The maximum absolute atomic E-state index is 10.5. The van der Waals surface area contributed by atoms with Gasteiger partial charge in [-0.05, 0) is 19.9 Å². The number of carbonyl (C=O) groups excluding carboxylic acids is 1. The van der Waals surface area contributed by atoms with Gasteiger partial charge in [-0.3, -0.25) is 4.79 Å². The smallest absolute Gasteiger partial charge is 0.155 e. The summed E-state index contributed by atoms with van der Waals surface area (Å²) in [4.78, 5) is 10.5. The van der Waals surface area contributed by atoms with Crippen LogP contribution in [-0.4, -0.2) is 31.6 Å². The summed E-state index contributed by atoms with van der Waals surface area (Å²) in [5.41, 5.74) is 0. The summed E-state index contributed by atoms with van der Waals surface area (Å²) < 4.78 is 5.25. The van der Waals surface area contributed by atoms with Gasteiger partial charge in [0.2, 0.25) is 0 Å². The Bertz CT molecular complexity index is 119. The van der Waals surface area contributed by atoms with Crippen LogP contribution >= 0.6 is 0 Å². The average Bonchev–Trinajstić information content (AvgIpc) is 2.34. The Morgan fingerprint density at radius 3 is 3.10 bits per heavy atom. The fraction of sp³-hybridized carbons (Fsp3) is 0.857. The number of ketones is 1. The Labute approximate surface area is 60.7 Å². The van der Waals surface area contributed by atoms with Crippen LogP contribution in [0.5, 0.6) is 0 Å². The molecule has 1 heterocycles. The van der Waals surface area contributed by atoms with Crippen LogP contribution in [0.3, 0.4) is 0 Å². The number of Topliss-reactive ketones (excluding diaryl/α,β-unsaturated/α-hetero) is 1. The summed E-state index contributed by atoms with van der Waals surface area (Å²) in [7, 11) is 0. The molecular formula is C7H13NO2. The van der Waals surface area contributed by atoms with E-state index in [1.165, 1.54) is 0 Å². The van der Waals surface area contributed by atoms with Crippen LogP contribution in [0.25, 0.3) is 0 Å². The highest BCUT2D eigenvalue weighted by Gasteiger charge is 2.14. The van der Waals surface area contributed by atoms with E-state index in [0.29, 0.717) is 0 Å². The van der Waals surface area contributed by atoms with Gasteiger partial charge >= 0.3 is 0 Å².